The molecule has 0 N–H and O–H groups in total. The lowest BCUT2D eigenvalue weighted by Gasteiger charge is -2.15. The first kappa shape index (κ1) is 10.5. The van der Waals surface area contributed by atoms with E-state index in [0.717, 1.165) is 6.42 Å². The SMILES string of the molecule is CCCCS(=O)(=O)N1CCn2ccnc21. The van der Waals surface area contributed by atoms with E-state index >= 15 is 0 Å². The summed E-state index contributed by atoms with van der Waals surface area (Å²) in [6.45, 7) is 3.22. The molecule has 84 valence electrons. The van der Waals surface area contributed by atoms with E-state index < -0.39 is 10.0 Å². The zero-order valence-corrected chi connectivity index (χ0v) is 9.57. The van der Waals surface area contributed by atoms with Crippen molar-refractivity contribution < 1.29 is 8.42 Å². The van der Waals surface area contributed by atoms with Gasteiger partial charge in [-0.05, 0) is 6.42 Å². The Balaban J connectivity index is 2.20. The van der Waals surface area contributed by atoms with Crippen LogP contribution in [0.5, 0.6) is 0 Å². The summed E-state index contributed by atoms with van der Waals surface area (Å²) >= 11 is 0. The zero-order chi connectivity index (χ0) is 10.9. The molecule has 0 aromatic carbocycles. The number of aromatic nitrogens is 2. The Morgan fingerprint density at radius 1 is 1.47 bits per heavy atom. The zero-order valence-electron chi connectivity index (χ0n) is 8.76. The number of fused-ring (bicyclic) bond motifs is 1. The maximum Gasteiger partial charge on any atom is 0.237 e. The van der Waals surface area contributed by atoms with Crippen molar-refractivity contribution in [2.75, 3.05) is 16.6 Å². The molecule has 0 atom stereocenters. The van der Waals surface area contributed by atoms with Crippen molar-refractivity contribution in [3.8, 4) is 0 Å². The number of imidazole rings is 1. The maximum atomic E-state index is 11.9. The van der Waals surface area contributed by atoms with Gasteiger partial charge in [0, 0.05) is 18.9 Å². The lowest BCUT2D eigenvalue weighted by molar-refractivity contribution is 0.588. The Morgan fingerprint density at radius 2 is 2.27 bits per heavy atom. The Bertz CT molecular complexity index is 438. The van der Waals surface area contributed by atoms with E-state index in [0.29, 0.717) is 25.5 Å². The van der Waals surface area contributed by atoms with Gasteiger partial charge in [0.1, 0.15) is 0 Å². The first-order valence-electron chi connectivity index (χ1n) is 5.16. The minimum atomic E-state index is -3.16. The molecule has 0 unspecified atom stereocenters. The molecule has 0 amide bonds. The molecule has 2 rings (SSSR count). The van der Waals surface area contributed by atoms with Gasteiger partial charge in [-0.25, -0.2) is 17.7 Å². The average Bonchev–Trinajstić information content (AvgIpc) is 2.74. The van der Waals surface area contributed by atoms with E-state index in [1.807, 2.05) is 17.7 Å². The molecular weight excluding hydrogens is 214 g/mol. The number of rotatable bonds is 4. The van der Waals surface area contributed by atoms with E-state index in [1.54, 1.807) is 6.20 Å². The van der Waals surface area contributed by atoms with Crippen LogP contribution in [0.15, 0.2) is 12.4 Å². The smallest absolute Gasteiger partial charge is 0.237 e. The van der Waals surface area contributed by atoms with E-state index in [-0.39, 0.29) is 5.75 Å². The molecule has 0 spiro atoms. The molecule has 15 heavy (non-hydrogen) atoms. The lowest BCUT2D eigenvalue weighted by Crippen LogP contribution is -2.31. The summed E-state index contributed by atoms with van der Waals surface area (Å²) in [5.74, 6) is 0.780. The van der Waals surface area contributed by atoms with Gasteiger partial charge >= 0.3 is 0 Å². The van der Waals surface area contributed by atoms with Crippen molar-refractivity contribution in [3.63, 3.8) is 0 Å². The molecule has 0 fully saturated rings. The van der Waals surface area contributed by atoms with Crippen molar-refractivity contribution in [1.82, 2.24) is 9.55 Å². The first-order chi connectivity index (χ1) is 7.15. The van der Waals surface area contributed by atoms with Gasteiger partial charge < -0.3 is 4.57 Å². The fourth-order valence-electron chi connectivity index (χ4n) is 1.70. The van der Waals surface area contributed by atoms with Gasteiger partial charge in [0.2, 0.25) is 16.0 Å². The van der Waals surface area contributed by atoms with Gasteiger partial charge in [-0.1, -0.05) is 13.3 Å². The summed E-state index contributed by atoms with van der Waals surface area (Å²) in [4.78, 5) is 4.06. The second kappa shape index (κ2) is 3.84. The van der Waals surface area contributed by atoms with Crippen molar-refractivity contribution in [2.45, 2.75) is 26.3 Å². The minimum Gasteiger partial charge on any atom is -0.315 e. The maximum absolute atomic E-state index is 11.9. The highest BCUT2D eigenvalue weighted by molar-refractivity contribution is 7.92. The standard InChI is InChI=1S/C9H15N3O2S/c1-2-3-8-15(13,14)12-7-6-11-5-4-10-9(11)12/h4-5H,2-3,6-8H2,1H3. The molecule has 6 heteroatoms. The van der Waals surface area contributed by atoms with Crippen LogP contribution in [0.2, 0.25) is 0 Å². The molecule has 1 aliphatic rings. The lowest BCUT2D eigenvalue weighted by atomic mass is 10.4. The van der Waals surface area contributed by atoms with E-state index in [2.05, 4.69) is 4.98 Å². The number of sulfonamides is 1. The van der Waals surface area contributed by atoms with Gasteiger partial charge in [0.05, 0.1) is 12.3 Å². The third-order valence-electron chi connectivity index (χ3n) is 2.55. The van der Waals surface area contributed by atoms with Crippen molar-refractivity contribution in [1.29, 1.82) is 0 Å². The largest absolute Gasteiger partial charge is 0.315 e. The summed E-state index contributed by atoms with van der Waals surface area (Å²) in [6.07, 6.45) is 5.04. The molecule has 1 aliphatic heterocycles. The van der Waals surface area contributed by atoms with Gasteiger partial charge in [0.15, 0.2) is 0 Å². The van der Waals surface area contributed by atoms with Crippen LogP contribution in [0.25, 0.3) is 0 Å². The Hall–Kier alpha value is -1.04. The van der Waals surface area contributed by atoms with Crippen LogP contribution in [-0.2, 0) is 16.6 Å². The highest BCUT2D eigenvalue weighted by Gasteiger charge is 2.29. The summed E-state index contributed by atoms with van der Waals surface area (Å²) in [5.41, 5.74) is 0. The molecule has 1 aromatic rings. The van der Waals surface area contributed by atoms with Crippen LogP contribution in [0, 0.1) is 0 Å². The van der Waals surface area contributed by atoms with Crippen molar-refractivity contribution in [2.24, 2.45) is 0 Å². The number of hydrogen-bond acceptors (Lipinski definition) is 3. The molecule has 0 radical (unpaired) electrons. The molecule has 0 bridgehead atoms. The highest BCUT2D eigenvalue weighted by atomic mass is 32.2. The first-order valence-corrected chi connectivity index (χ1v) is 6.77. The minimum absolute atomic E-state index is 0.219. The van der Waals surface area contributed by atoms with E-state index in [9.17, 15) is 8.42 Å². The Kier molecular flexibility index (Phi) is 2.68. The highest BCUT2D eigenvalue weighted by Crippen LogP contribution is 2.22. The van der Waals surface area contributed by atoms with Crippen LogP contribution in [0.3, 0.4) is 0 Å². The quantitative estimate of drug-likeness (QED) is 0.768. The summed E-state index contributed by atoms with van der Waals surface area (Å²) in [5, 5.41) is 0. The van der Waals surface area contributed by atoms with Gasteiger partial charge in [0.25, 0.3) is 0 Å². The van der Waals surface area contributed by atoms with Gasteiger partial charge in [-0.15, -0.1) is 0 Å². The topological polar surface area (TPSA) is 55.2 Å². The van der Waals surface area contributed by atoms with Crippen LogP contribution in [0.1, 0.15) is 19.8 Å². The molecule has 1 aromatic heterocycles. The summed E-state index contributed by atoms with van der Waals surface area (Å²) in [6, 6.07) is 0. The Morgan fingerprint density at radius 3 is 3.00 bits per heavy atom. The van der Waals surface area contributed by atoms with Crippen LogP contribution in [0.4, 0.5) is 5.95 Å². The van der Waals surface area contributed by atoms with Gasteiger partial charge in [-0.3, -0.25) is 0 Å². The summed E-state index contributed by atoms with van der Waals surface area (Å²) in [7, 11) is -3.16. The molecule has 2 heterocycles. The van der Waals surface area contributed by atoms with Crippen molar-refractivity contribution >= 4 is 16.0 Å². The monoisotopic (exact) mass is 229 g/mol. The number of nitrogens with zero attached hydrogens (tertiary/aromatic N) is 3. The molecule has 0 saturated carbocycles. The second-order valence-corrected chi connectivity index (χ2v) is 5.68. The van der Waals surface area contributed by atoms with E-state index in [4.69, 9.17) is 0 Å². The fraction of sp³-hybridized carbons (Fsp3) is 0.667. The number of hydrogen-bond donors (Lipinski definition) is 0. The van der Waals surface area contributed by atoms with Crippen LogP contribution in [-0.4, -0.2) is 30.3 Å². The molecule has 0 aliphatic carbocycles. The van der Waals surface area contributed by atoms with Crippen LogP contribution < -0.4 is 4.31 Å². The normalized spacial score (nSPS) is 15.7. The number of anilines is 1. The number of unbranched alkanes of at least 4 members (excludes halogenated alkanes) is 1. The molecular formula is C9H15N3O2S. The Labute approximate surface area is 89.8 Å². The summed E-state index contributed by atoms with van der Waals surface area (Å²) < 4.78 is 27.1. The predicted molar refractivity (Wildman–Crippen MR) is 58.3 cm³/mol. The average molecular weight is 229 g/mol. The molecule has 5 nitrogen and oxygen atoms in total. The predicted octanol–water partition coefficient (Wildman–Crippen LogP) is 0.833. The fourth-order valence-corrected chi connectivity index (χ4v) is 3.34. The van der Waals surface area contributed by atoms with Crippen LogP contribution >= 0.6 is 0 Å². The van der Waals surface area contributed by atoms with Gasteiger partial charge in [-0.2, -0.15) is 0 Å². The third kappa shape index (κ3) is 1.86. The van der Waals surface area contributed by atoms with E-state index in [1.165, 1.54) is 4.31 Å². The molecule has 0 saturated heterocycles. The third-order valence-corrected chi connectivity index (χ3v) is 4.37. The van der Waals surface area contributed by atoms with Crippen molar-refractivity contribution in [3.05, 3.63) is 12.4 Å². The second-order valence-electron chi connectivity index (χ2n) is 3.66.